The molecule has 0 heterocycles. The number of hydrogen-bond acceptors (Lipinski definition) is 3. The van der Waals surface area contributed by atoms with Gasteiger partial charge in [0.15, 0.2) is 0 Å². The number of ether oxygens (including phenoxy) is 1. The lowest BCUT2D eigenvalue weighted by atomic mass is 10.0. The van der Waals surface area contributed by atoms with Gasteiger partial charge in [-0.15, -0.1) is 0 Å². The van der Waals surface area contributed by atoms with Crippen LogP contribution in [0.4, 0.5) is 0 Å². The van der Waals surface area contributed by atoms with Gasteiger partial charge < -0.3 is 4.74 Å². The summed E-state index contributed by atoms with van der Waals surface area (Å²) >= 11 is 0. The van der Waals surface area contributed by atoms with E-state index in [1.54, 1.807) is 14.0 Å². The highest BCUT2D eigenvalue weighted by Crippen LogP contribution is 2.21. The minimum Gasteiger partial charge on any atom is -0.496 e. The molecule has 0 saturated heterocycles. The van der Waals surface area contributed by atoms with Gasteiger partial charge in [-0.3, -0.25) is 4.55 Å². The van der Waals surface area contributed by atoms with Gasteiger partial charge in [0, 0.05) is 0 Å². The Morgan fingerprint density at radius 2 is 2.00 bits per heavy atom. The van der Waals surface area contributed by atoms with E-state index < -0.39 is 10.1 Å². The van der Waals surface area contributed by atoms with Crippen LogP contribution in [0.3, 0.4) is 0 Å². The molecule has 0 bridgehead atoms. The fourth-order valence-electron chi connectivity index (χ4n) is 1.67. The number of methoxy groups -OCH3 is 1. The van der Waals surface area contributed by atoms with E-state index in [-0.39, 0.29) is 11.7 Å². The molecular formula is C11H16O4S. The van der Waals surface area contributed by atoms with Crippen molar-refractivity contribution in [1.82, 2.24) is 0 Å². The number of para-hydroxylation sites is 1. The Labute approximate surface area is 96.0 Å². The third kappa shape index (κ3) is 4.20. The Morgan fingerprint density at radius 1 is 1.38 bits per heavy atom. The second kappa shape index (κ2) is 5.32. The molecule has 0 aromatic heterocycles. The first-order chi connectivity index (χ1) is 7.42. The Morgan fingerprint density at radius 3 is 2.56 bits per heavy atom. The van der Waals surface area contributed by atoms with Crippen molar-refractivity contribution in [3.63, 3.8) is 0 Å². The van der Waals surface area contributed by atoms with Crippen molar-refractivity contribution < 1.29 is 17.7 Å². The van der Waals surface area contributed by atoms with Crippen molar-refractivity contribution in [1.29, 1.82) is 0 Å². The zero-order valence-corrected chi connectivity index (χ0v) is 10.2. The predicted molar refractivity (Wildman–Crippen MR) is 62.3 cm³/mol. The highest BCUT2D eigenvalue weighted by Gasteiger charge is 2.14. The van der Waals surface area contributed by atoms with Crippen LogP contribution in [-0.2, 0) is 16.5 Å². The van der Waals surface area contributed by atoms with Crippen LogP contribution in [-0.4, -0.2) is 25.8 Å². The monoisotopic (exact) mass is 244 g/mol. The zero-order chi connectivity index (χ0) is 12.2. The summed E-state index contributed by atoms with van der Waals surface area (Å²) in [7, 11) is -2.33. The Hall–Kier alpha value is -1.07. The molecule has 1 aromatic rings. The van der Waals surface area contributed by atoms with Crippen molar-refractivity contribution in [2.75, 3.05) is 12.9 Å². The molecule has 0 aliphatic rings. The second-order valence-corrected chi connectivity index (χ2v) is 5.37. The maximum Gasteiger partial charge on any atom is 0.265 e. The standard InChI is InChI=1S/C11H16O4S/c1-9(8-16(12,13)14)7-10-5-3-4-6-11(10)15-2/h3-6,9H,7-8H2,1-2H3,(H,12,13,14). The molecule has 1 rings (SSSR count). The Bertz CT molecular complexity index is 439. The molecule has 1 N–H and O–H groups in total. The molecule has 0 spiro atoms. The highest BCUT2D eigenvalue weighted by atomic mass is 32.2. The van der Waals surface area contributed by atoms with E-state index in [9.17, 15) is 8.42 Å². The van der Waals surface area contributed by atoms with Gasteiger partial charge in [-0.25, -0.2) is 0 Å². The topological polar surface area (TPSA) is 63.6 Å². The molecule has 0 fully saturated rings. The van der Waals surface area contributed by atoms with Crippen molar-refractivity contribution in [2.24, 2.45) is 5.92 Å². The molecule has 0 radical (unpaired) electrons. The summed E-state index contributed by atoms with van der Waals surface area (Å²) in [6, 6.07) is 7.45. The number of hydrogen-bond donors (Lipinski definition) is 1. The zero-order valence-electron chi connectivity index (χ0n) is 9.38. The first-order valence-corrected chi connectivity index (χ1v) is 6.60. The number of benzene rings is 1. The van der Waals surface area contributed by atoms with Crippen LogP contribution in [0.25, 0.3) is 0 Å². The summed E-state index contributed by atoms with van der Waals surface area (Å²) in [4.78, 5) is 0. The van der Waals surface area contributed by atoms with Crippen LogP contribution >= 0.6 is 0 Å². The van der Waals surface area contributed by atoms with Crippen LogP contribution < -0.4 is 4.74 Å². The summed E-state index contributed by atoms with van der Waals surface area (Å²) < 4.78 is 35.3. The average molecular weight is 244 g/mol. The summed E-state index contributed by atoms with van der Waals surface area (Å²) in [5.74, 6) is 0.362. The fraction of sp³-hybridized carbons (Fsp3) is 0.455. The Balaban J connectivity index is 2.73. The molecule has 1 aromatic carbocycles. The molecule has 1 unspecified atom stereocenters. The second-order valence-electron chi connectivity index (χ2n) is 3.87. The molecule has 90 valence electrons. The van der Waals surface area contributed by atoms with E-state index in [1.165, 1.54) is 0 Å². The molecule has 0 amide bonds. The normalized spacial score (nSPS) is 13.4. The number of rotatable bonds is 5. The minimum atomic E-state index is -3.90. The van der Waals surface area contributed by atoms with Gasteiger partial charge in [-0.05, 0) is 24.0 Å². The van der Waals surface area contributed by atoms with Gasteiger partial charge in [0.1, 0.15) is 5.75 Å². The van der Waals surface area contributed by atoms with Crippen LogP contribution in [0.2, 0.25) is 0 Å². The van der Waals surface area contributed by atoms with E-state index in [1.807, 2.05) is 24.3 Å². The third-order valence-electron chi connectivity index (χ3n) is 2.26. The quantitative estimate of drug-likeness (QED) is 0.802. The van der Waals surface area contributed by atoms with Crippen molar-refractivity contribution in [3.8, 4) is 5.75 Å². The van der Waals surface area contributed by atoms with E-state index in [0.717, 1.165) is 11.3 Å². The van der Waals surface area contributed by atoms with Crippen molar-refractivity contribution in [2.45, 2.75) is 13.3 Å². The van der Waals surface area contributed by atoms with Crippen molar-refractivity contribution in [3.05, 3.63) is 29.8 Å². The molecule has 1 atom stereocenters. The summed E-state index contributed by atoms with van der Waals surface area (Å²) in [5, 5.41) is 0. The SMILES string of the molecule is COc1ccccc1CC(C)CS(=O)(=O)O. The van der Waals surface area contributed by atoms with Gasteiger partial charge in [-0.1, -0.05) is 25.1 Å². The molecule has 4 nitrogen and oxygen atoms in total. The molecule has 0 saturated carbocycles. The summed E-state index contributed by atoms with van der Waals surface area (Å²) in [5.41, 5.74) is 0.946. The van der Waals surface area contributed by atoms with E-state index in [0.29, 0.717) is 6.42 Å². The smallest absolute Gasteiger partial charge is 0.265 e. The summed E-state index contributed by atoms with van der Waals surface area (Å²) in [6.45, 7) is 1.78. The van der Waals surface area contributed by atoms with Gasteiger partial charge in [0.25, 0.3) is 10.1 Å². The summed E-state index contributed by atoms with van der Waals surface area (Å²) in [6.07, 6.45) is 0.559. The van der Waals surface area contributed by atoms with Gasteiger partial charge in [0.2, 0.25) is 0 Å². The molecular weight excluding hydrogens is 228 g/mol. The first-order valence-electron chi connectivity index (χ1n) is 4.99. The predicted octanol–water partition coefficient (Wildman–Crippen LogP) is 1.76. The lowest BCUT2D eigenvalue weighted by Gasteiger charge is -2.12. The van der Waals surface area contributed by atoms with Crippen LogP contribution in [0.5, 0.6) is 5.75 Å². The van der Waals surface area contributed by atoms with E-state index in [4.69, 9.17) is 9.29 Å². The lowest BCUT2D eigenvalue weighted by molar-refractivity contribution is 0.406. The lowest BCUT2D eigenvalue weighted by Crippen LogP contribution is -2.14. The van der Waals surface area contributed by atoms with Crippen LogP contribution in [0.1, 0.15) is 12.5 Å². The van der Waals surface area contributed by atoms with Crippen LogP contribution in [0.15, 0.2) is 24.3 Å². The Kier molecular flexibility index (Phi) is 4.32. The highest BCUT2D eigenvalue weighted by molar-refractivity contribution is 7.85. The maximum absolute atomic E-state index is 10.7. The maximum atomic E-state index is 10.7. The average Bonchev–Trinajstić information content (AvgIpc) is 2.15. The van der Waals surface area contributed by atoms with Gasteiger partial charge in [-0.2, -0.15) is 8.42 Å². The minimum absolute atomic E-state index is 0.147. The van der Waals surface area contributed by atoms with E-state index in [2.05, 4.69) is 0 Å². The van der Waals surface area contributed by atoms with E-state index >= 15 is 0 Å². The van der Waals surface area contributed by atoms with Crippen molar-refractivity contribution >= 4 is 10.1 Å². The molecule has 0 aliphatic heterocycles. The molecule has 16 heavy (non-hydrogen) atoms. The fourth-order valence-corrected chi connectivity index (χ4v) is 2.50. The van der Waals surface area contributed by atoms with Gasteiger partial charge in [0.05, 0.1) is 12.9 Å². The molecule has 5 heteroatoms. The van der Waals surface area contributed by atoms with Crippen LogP contribution in [0, 0.1) is 5.92 Å². The molecule has 0 aliphatic carbocycles. The third-order valence-corrected chi connectivity index (χ3v) is 3.25. The van der Waals surface area contributed by atoms with Gasteiger partial charge >= 0.3 is 0 Å². The largest absolute Gasteiger partial charge is 0.496 e. The first kappa shape index (κ1) is 13.0.